The molecular formula is C13H9ClO2S. The molecular weight excluding hydrogens is 256 g/mol. The summed E-state index contributed by atoms with van der Waals surface area (Å²) in [5, 5.41) is -0.501. The fourth-order valence-corrected chi connectivity index (χ4v) is 2.42. The van der Waals surface area contributed by atoms with E-state index >= 15 is 0 Å². The summed E-state index contributed by atoms with van der Waals surface area (Å²) < 4.78 is 11.0. The van der Waals surface area contributed by atoms with Crippen LogP contribution in [-0.2, 0) is 11.3 Å². The zero-order valence-corrected chi connectivity index (χ0v) is 10.4. The highest BCUT2D eigenvalue weighted by Gasteiger charge is 2.20. The zero-order chi connectivity index (χ0) is 12.3. The summed E-state index contributed by atoms with van der Waals surface area (Å²) in [5.41, 5.74) is 1.22. The smallest absolute Gasteiger partial charge is 0.252 e. The fraction of sp³-hybridized carbons (Fsp3) is 0.0769. The second-order valence-electron chi connectivity index (χ2n) is 3.57. The summed E-state index contributed by atoms with van der Waals surface area (Å²) >= 11 is 5.99. The third-order valence-electron chi connectivity index (χ3n) is 2.59. The maximum Gasteiger partial charge on any atom is 0.252 e. The van der Waals surface area contributed by atoms with E-state index in [1.54, 1.807) is 18.2 Å². The van der Waals surface area contributed by atoms with Crippen molar-refractivity contribution in [3.05, 3.63) is 59.7 Å². The number of benzene rings is 1. The third kappa shape index (κ3) is 2.46. The highest BCUT2D eigenvalue weighted by atomic mass is 35.5. The molecule has 0 spiro atoms. The SMILES string of the molecule is O=S=C1C=CC=CC1c1ccccc1C(=O)Cl. The van der Waals surface area contributed by atoms with Crippen LogP contribution in [0.25, 0.3) is 0 Å². The van der Waals surface area contributed by atoms with Crippen molar-refractivity contribution in [2.45, 2.75) is 5.92 Å². The Kier molecular flexibility index (Phi) is 3.71. The van der Waals surface area contributed by atoms with E-state index in [2.05, 4.69) is 0 Å². The molecule has 4 heteroatoms. The summed E-state index contributed by atoms with van der Waals surface area (Å²) in [6, 6.07) is 7.08. The van der Waals surface area contributed by atoms with Crippen molar-refractivity contribution >= 4 is 33.0 Å². The van der Waals surface area contributed by atoms with Crippen LogP contribution in [0.15, 0.2) is 48.6 Å². The molecule has 0 amide bonds. The van der Waals surface area contributed by atoms with Gasteiger partial charge < -0.3 is 0 Å². The summed E-state index contributed by atoms with van der Waals surface area (Å²) in [6.07, 6.45) is 7.32. The van der Waals surface area contributed by atoms with Gasteiger partial charge in [0.05, 0.1) is 16.1 Å². The van der Waals surface area contributed by atoms with E-state index in [9.17, 15) is 9.00 Å². The number of rotatable bonds is 2. The first-order valence-electron chi connectivity index (χ1n) is 5.04. The minimum atomic E-state index is -0.501. The van der Waals surface area contributed by atoms with Crippen molar-refractivity contribution in [3.63, 3.8) is 0 Å². The van der Waals surface area contributed by atoms with E-state index in [1.807, 2.05) is 30.4 Å². The Bertz CT molecular complexity index is 569. The number of carbonyl (C=O) groups is 1. The van der Waals surface area contributed by atoms with Crippen molar-refractivity contribution in [2.24, 2.45) is 0 Å². The molecule has 0 aromatic heterocycles. The summed E-state index contributed by atoms with van der Waals surface area (Å²) in [6.45, 7) is 0. The molecule has 0 saturated heterocycles. The van der Waals surface area contributed by atoms with Gasteiger partial charge in [-0.05, 0) is 29.3 Å². The molecule has 0 heterocycles. The Labute approximate surface area is 108 Å². The molecule has 2 rings (SSSR count). The molecule has 2 nitrogen and oxygen atoms in total. The van der Waals surface area contributed by atoms with Crippen LogP contribution >= 0.6 is 11.6 Å². The monoisotopic (exact) mass is 264 g/mol. The average molecular weight is 265 g/mol. The van der Waals surface area contributed by atoms with Crippen LogP contribution in [0.5, 0.6) is 0 Å². The fourth-order valence-electron chi connectivity index (χ4n) is 1.81. The quantitative estimate of drug-likeness (QED) is 0.608. The van der Waals surface area contributed by atoms with Gasteiger partial charge in [-0.3, -0.25) is 4.79 Å². The standard InChI is InChI=1S/C13H9ClO2S/c14-13(15)11-7-2-1-5-9(11)10-6-3-4-8-12(10)17-16/h1-8,10H. The van der Waals surface area contributed by atoms with Gasteiger partial charge in [-0.15, -0.1) is 0 Å². The maximum absolute atomic E-state index is 11.3. The topological polar surface area (TPSA) is 34.1 Å². The average Bonchev–Trinajstić information content (AvgIpc) is 2.38. The lowest BCUT2D eigenvalue weighted by atomic mass is 9.89. The minimum absolute atomic E-state index is 0.179. The number of hydrogen-bond donors (Lipinski definition) is 0. The van der Waals surface area contributed by atoms with E-state index in [0.29, 0.717) is 21.7 Å². The van der Waals surface area contributed by atoms with Gasteiger partial charge in [0.1, 0.15) is 0 Å². The van der Waals surface area contributed by atoms with E-state index in [0.717, 1.165) is 5.56 Å². The number of hydrogen-bond acceptors (Lipinski definition) is 2. The second-order valence-corrected chi connectivity index (χ2v) is 4.55. The van der Waals surface area contributed by atoms with Gasteiger partial charge in [0.2, 0.25) is 0 Å². The summed E-state index contributed by atoms with van der Waals surface area (Å²) in [5.74, 6) is -0.179. The highest BCUT2D eigenvalue weighted by Crippen LogP contribution is 2.26. The number of halogens is 1. The normalized spacial score (nSPS) is 18.2. The van der Waals surface area contributed by atoms with E-state index in [4.69, 9.17) is 11.6 Å². The zero-order valence-electron chi connectivity index (χ0n) is 8.80. The molecule has 1 aliphatic carbocycles. The number of allylic oxidation sites excluding steroid dienone is 4. The van der Waals surface area contributed by atoms with Gasteiger partial charge in [0, 0.05) is 11.5 Å². The van der Waals surface area contributed by atoms with Gasteiger partial charge in [0.15, 0.2) is 0 Å². The van der Waals surface area contributed by atoms with Gasteiger partial charge >= 0.3 is 0 Å². The van der Waals surface area contributed by atoms with Crippen LogP contribution in [0.2, 0.25) is 0 Å². The molecule has 0 radical (unpaired) electrons. The van der Waals surface area contributed by atoms with Gasteiger partial charge in [-0.2, -0.15) is 0 Å². The number of carbonyl (C=O) groups excluding carboxylic acids is 1. The van der Waals surface area contributed by atoms with Gasteiger partial charge in [-0.25, -0.2) is 4.21 Å². The lowest BCUT2D eigenvalue weighted by Crippen LogP contribution is -2.13. The molecule has 1 aliphatic rings. The summed E-state index contributed by atoms with van der Waals surface area (Å²) in [4.78, 5) is 12.0. The summed E-state index contributed by atoms with van der Waals surface area (Å²) in [7, 11) is 0. The van der Waals surface area contributed by atoms with Crippen LogP contribution < -0.4 is 0 Å². The van der Waals surface area contributed by atoms with Crippen molar-refractivity contribution in [1.29, 1.82) is 0 Å². The van der Waals surface area contributed by atoms with E-state index in [1.165, 1.54) is 0 Å². The van der Waals surface area contributed by atoms with Crippen molar-refractivity contribution in [1.82, 2.24) is 0 Å². The molecule has 1 aromatic rings. The molecule has 86 valence electrons. The predicted molar refractivity (Wildman–Crippen MR) is 70.8 cm³/mol. The molecule has 1 unspecified atom stereocenters. The van der Waals surface area contributed by atoms with Crippen LogP contribution in [0, 0.1) is 0 Å². The lowest BCUT2D eigenvalue weighted by Gasteiger charge is -2.16. The lowest BCUT2D eigenvalue weighted by molar-refractivity contribution is 0.108. The van der Waals surface area contributed by atoms with Crippen LogP contribution in [0.3, 0.4) is 0 Å². The minimum Gasteiger partial charge on any atom is -0.276 e. The Hall–Kier alpha value is -1.45. The first-order valence-corrected chi connectivity index (χ1v) is 6.16. The Balaban J connectivity index is 2.54. The molecule has 0 aliphatic heterocycles. The molecule has 1 aromatic carbocycles. The third-order valence-corrected chi connectivity index (χ3v) is 3.37. The molecule has 0 fully saturated rings. The first kappa shape index (κ1) is 12.0. The Morgan fingerprint density at radius 3 is 2.71 bits per heavy atom. The molecule has 17 heavy (non-hydrogen) atoms. The largest absolute Gasteiger partial charge is 0.276 e. The predicted octanol–water partition coefficient (Wildman–Crippen LogP) is 2.66. The molecule has 0 saturated carbocycles. The molecule has 1 atom stereocenters. The van der Waals surface area contributed by atoms with Crippen LogP contribution in [0.1, 0.15) is 21.8 Å². The molecule has 0 N–H and O–H groups in total. The van der Waals surface area contributed by atoms with Crippen LogP contribution in [0.4, 0.5) is 0 Å². The Morgan fingerprint density at radius 1 is 1.24 bits per heavy atom. The Morgan fingerprint density at radius 2 is 2.00 bits per heavy atom. The van der Waals surface area contributed by atoms with E-state index < -0.39 is 5.24 Å². The second kappa shape index (κ2) is 5.25. The van der Waals surface area contributed by atoms with Crippen molar-refractivity contribution in [2.75, 3.05) is 0 Å². The van der Waals surface area contributed by atoms with Gasteiger partial charge in [-0.1, -0.05) is 36.4 Å². The van der Waals surface area contributed by atoms with Crippen molar-refractivity contribution < 1.29 is 9.00 Å². The van der Waals surface area contributed by atoms with Gasteiger partial charge in [0.25, 0.3) is 5.24 Å². The molecule has 0 bridgehead atoms. The van der Waals surface area contributed by atoms with Crippen LogP contribution in [-0.4, -0.2) is 14.3 Å². The highest BCUT2D eigenvalue weighted by molar-refractivity contribution is 7.67. The van der Waals surface area contributed by atoms with E-state index in [-0.39, 0.29) is 5.92 Å². The van der Waals surface area contributed by atoms with Crippen molar-refractivity contribution in [3.8, 4) is 0 Å². The maximum atomic E-state index is 11.3. The first-order chi connectivity index (χ1) is 8.24.